The van der Waals surface area contributed by atoms with Gasteiger partial charge in [0.2, 0.25) is 0 Å². The number of carbonyl (C=O) groups is 24. The van der Waals surface area contributed by atoms with Gasteiger partial charge in [-0.05, 0) is 144 Å². The van der Waals surface area contributed by atoms with Crippen LogP contribution < -0.4 is 42.5 Å². The zero-order valence-corrected chi connectivity index (χ0v) is 68.7. The van der Waals surface area contributed by atoms with E-state index in [1.54, 1.807) is 0 Å². The normalized spacial score (nSPS) is 12.9. The summed E-state index contributed by atoms with van der Waals surface area (Å²) >= 11 is 0. The number of aromatic amines is 2. The van der Waals surface area contributed by atoms with Crippen molar-refractivity contribution in [3.8, 4) is 44.5 Å². The van der Waals surface area contributed by atoms with E-state index in [1.165, 1.54) is 0 Å². The third-order valence-corrected chi connectivity index (χ3v) is 19.6. The predicted molar refractivity (Wildman–Crippen MR) is 450 cm³/mol. The molecule has 8 amide bonds. The van der Waals surface area contributed by atoms with Gasteiger partial charge in [0.05, 0.1) is 74.1 Å². The molecule has 706 valence electrons. The Morgan fingerprint density at radius 3 is 0.441 bits per heavy atom. The average molecular weight is 1890 g/mol. The first-order valence-electron chi connectivity index (χ1n) is 38.7. The summed E-state index contributed by atoms with van der Waals surface area (Å²) in [5.74, 6) is -42.8. The highest BCUT2D eigenvalue weighted by atomic mass is 16.4. The summed E-state index contributed by atoms with van der Waals surface area (Å²) in [4.78, 5) is 331. The van der Waals surface area contributed by atoms with E-state index in [9.17, 15) is 197 Å². The number of rotatable bonds is 44. The van der Waals surface area contributed by atoms with Gasteiger partial charge in [-0.2, -0.15) is 0 Å². The van der Waals surface area contributed by atoms with Gasteiger partial charge in [0.15, 0.2) is 0 Å². The first-order chi connectivity index (χ1) is 63.8. The molecule has 3 aromatic heterocycles. The van der Waals surface area contributed by atoms with Gasteiger partial charge in [-0.1, -0.05) is 0 Å². The van der Waals surface area contributed by atoms with Crippen LogP contribution in [0.1, 0.15) is 157 Å². The molecule has 8 bridgehead atoms. The first-order valence-corrected chi connectivity index (χ1v) is 38.7. The minimum atomic E-state index is -2.32. The third-order valence-electron chi connectivity index (χ3n) is 19.6. The molecule has 136 heavy (non-hydrogen) atoms. The van der Waals surface area contributed by atoms with Crippen LogP contribution in [-0.4, -0.2) is 293 Å². The van der Waals surface area contributed by atoms with E-state index in [0.717, 1.165) is 97.1 Å². The molecule has 0 radical (unpaired) electrons. The van der Waals surface area contributed by atoms with Crippen LogP contribution >= 0.6 is 0 Å². The Morgan fingerprint density at radius 1 is 0.206 bits per heavy atom. The van der Waals surface area contributed by atoms with Crippen molar-refractivity contribution in [3.05, 3.63) is 164 Å². The molecule has 0 fully saturated rings. The monoisotopic (exact) mass is 1890 g/mol. The lowest BCUT2D eigenvalue weighted by Gasteiger charge is -2.17. The van der Waals surface area contributed by atoms with E-state index in [2.05, 4.69) is 9.97 Å². The zero-order valence-electron chi connectivity index (χ0n) is 68.7. The van der Waals surface area contributed by atoms with Gasteiger partial charge < -0.3 is 134 Å². The van der Waals surface area contributed by atoms with Crippen molar-refractivity contribution in [3.63, 3.8) is 0 Å². The summed E-state index contributed by atoms with van der Waals surface area (Å²) < 4.78 is 0. The molecule has 0 saturated carbocycles. The molecule has 4 aromatic carbocycles. The summed E-state index contributed by atoms with van der Waals surface area (Å²) in [5.41, 5.74) is -14.7. The second-order valence-corrected chi connectivity index (χ2v) is 29.4. The number of benzene rings is 4. The number of carboxylic acid groups (broad SMARTS) is 16. The van der Waals surface area contributed by atoms with Crippen molar-refractivity contribution in [2.24, 2.45) is 0 Å². The van der Waals surface area contributed by atoms with Crippen LogP contribution in [0.25, 0.3) is 90.9 Å². The number of H-pyrrole nitrogens is 2. The fourth-order valence-corrected chi connectivity index (χ4v) is 13.5. The molecule has 2 aliphatic heterocycles. The number of hydrogen-bond acceptors (Lipinski definition) is 26. The van der Waals surface area contributed by atoms with Crippen LogP contribution in [0.4, 0.5) is 0 Å². The standard InChI is InChI=1S/C84H70N12O40/c97-57(98)21-49(77(121)122)89-69(113)33-9-29(10-34(17-33)70(114)90-50(78(123)124)22-58(99)100)65-41-1-2-42(85-41)66(30-11-35(71(115)91-51(79(125)126)23-59(101)102)18-36(12-30)72(116)92-52(80(127)128)24-60(103)104)44-5-6-46(87-44)68(32-15-39(75(119)95-55(83(133)134)27-63(109)110)20-40(16-32)76(120)96-56(84(135)136)28-64(111)112)48-8-7-47(88-48)67(45-4-3-43(65)86-45)31-13-37(73(117)93-53(81(129)130)25-61(105)106)19-38(14-31)74(118)94-54(82(131)132)26-62(107)108/h1-20,49-56,85,88H,21-28H2,(H,89,113)(H,90,114)(H,91,115)(H,92,116)(H,93,117)(H,94,118)(H,95,119)(H,96,120)(H,97,98)(H,99,100)(H,101,102)(H,103,104)(H,105,106)(H,107,108)(H,109,110)(H,111,112)(H,121,122)(H,123,124)(H,125,126)(H,127,128)(H,129,130)(H,131,132)(H,133,134)(H,135,136)/t49-,50-,51-,52-,53-,54-,55-,56-/m0/s1. The largest absolute Gasteiger partial charge is 0.481 e. The number of fused-ring (bicyclic) bond motifs is 8. The number of aromatic nitrogens is 4. The van der Waals surface area contributed by atoms with E-state index < -0.39 is 376 Å². The van der Waals surface area contributed by atoms with Gasteiger partial charge in [0.1, 0.15) is 48.3 Å². The van der Waals surface area contributed by atoms with Gasteiger partial charge in [-0.15, -0.1) is 0 Å². The molecule has 0 unspecified atom stereocenters. The fourth-order valence-electron chi connectivity index (χ4n) is 13.5. The zero-order chi connectivity index (χ0) is 101. The molecule has 26 N–H and O–H groups in total. The number of nitrogens with one attached hydrogen (secondary N) is 10. The highest BCUT2D eigenvalue weighted by Crippen LogP contribution is 2.41. The van der Waals surface area contributed by atoms with Crippen molar-refractivity contribution < 1.29 is 197 Å². The van der Waals surface area contributed by atoms with E-state index in [0.29, 0.717) is 24.3 Å². The van der Waals surface area contributed by atoms with Crippen LogP contribution in [0.5, 0.6) is 0 Å². The number of hydrogen-bond donors (Lipinski definition) is 26. The fraction of sp³-hybridized carbons (Fsp3) is 0.190. The Bertz CT molecular complexity index is 5570. The molecule has 2 aliphatic rings. The van der Waals surface area contributed by atoms with E-state index in [4.69, 9.17) is 9.97 Å². The molecular weight excluding hydrogens is 1820 g/mol. The van der Waals surface area contributed by atoms with Crippen LogP contribution in [0, 0.1) is 0 Å². The van der Waals surface area contributed by atoms with Crippen molar-refractivity contribution in [2.45, 2.75) is 99.7 Å². The Balaban J connectivity index is 1.61. The molecule has 7 aromatic rings. The number of aliphatic carboxylic acids is 16. The molecule has 52 nitrogen and oxygen atoms in total. The lowest BCUT2D eigenvalue weighted by molar-refractivity contribution is -0.145. The second kappa shape index (κ2) is 42.8. The molecule has 5 heterocycles. The first kappa shape index (κ1) is 101. The smallest absolute Gasteiger partial charge is 0.326 e. The van der Waals surface area contributed by atoms with Crippen molar-refractivity contribution in [2.75, 3.05) is 0 Å². The number of carboxylic acids is 16. The molecular formula is C84H70N12O40. The molecule has 8 atom stereocenters. The molecule has 0 spiro atoms. The summed E-state index contributed by atoms with van der Waals surface area (Å²) in [6, 6.07) is -4.60. The highest BCUT2D eigenvalue weighted by molar-refractivity contribution is 6.12. The molecule has 52 heteroatoms. The summed E-state index contributed by atoms with van der Waals surface area (Å²) in [6.07, 6.45) is -6.43. The maximum absolute atomic E-state index is 14.7. The maximum Gasteiger partial charge on any atom is 0.326 e. The van der Waals surface area contributed by atoms with Crippen LogP contribution in [0.3, 0.4) is 0 Å². The van der Waals surface area contributed by atoms with Gasteiger partial charge in [-0.3, -0.25) is 76.7 Å². The molecule has 0 aliphatic carbocycles. The summed E-state index contributed by atoms with van der Waals surface area (Å²) in [7, 11) is 0. The SMILES string of the molecule is O=C(O)C[C@H](NC(=O)c1cc(C(=O)N[C@@H](CC(=O)O)C(=O)O)cc(-c2c3nc(c(-c4cc(C(=O)N[C@@H](CC(=O)O)C(=O)O)cc(C(=O)N[C@@H](CC(=O)O)C(=O)O)c4)c4ccc([nH]4)c(-c4cc(C(=O)N[C@@H](CC(=O)O)C(=O)O)cc(C(=O)N[C@@H](CC(=O)O)C(=O)O)c4)c4nc(c(-c5cc(C(=O)N[C@@H](CC(=O)O)C(=O)O)cc(C(=O)N[C@@H](CC(=O)O)C(=O)O)c5)c5ccc2[nH]5)C=C4)C=C3)c1)C(=O)O. The summed E-state index contributed by atoms with van der Waals surface area (Å²) in [6.45, 7) is 0. The Labute approximate surface area is 754 Å². The van der Waals surface area contributed by atoms with E-state index in [1.807, 2.05) is 42.5 Å². The maximum atomic E-state index is 14.7. The topological polar surface area (TPSA) is 887 Å². The number of nitrogens with zero attached hydrogens (tertiary/aromatic N) is 2. The number of amides is 8. The van der Waals surface area contributed by atoms with Gasteiger partial charge in [-0.25, -0.2) is 48.3 Å². The predicted octanol–water partition coefficient (Wildman–Crippen LogP) is 0.585. The third kappa shape index (κ3) is 25.6. The Kier molecular flexibility index (Phi) is 31.6. The lowest BCUT2D eigenvalue weighted by atomic mass is 9.97. The highest BCUT2D eigenvalue weighted by Gasteiger charge is 2.36. The quantitative estimate of drug-likeness (QED) is 0.0248. The lowest BCUT2D eigenvalue weighted by Crippen LogP contribution is -2.43. The second-order valence-electron chi connectivity index (χ2n) is 29.4. The Hall–Kier alpha value is -19.2. The van der Waals surface area contributed by atoms with Gasteiger partial charge in [0, 0.05) is 88.8 Å². The van der Waals surface area contributed by atoms with E-state index >= 15 is 0 Å². The average Bonchev–Trinajstić information content (AvgIpc) is 1.59. The van der Waals surface area contributed by atoms with Crippen LogP contribution in [0.2, 0.25) is 0 Å². The minimum Gasteiger partial charge on any atom is -0.481 e. The van der Waals surface area contributed by atoms with Gasteiger partial charge in [0.25, 0.3) is 47.3 Å². The van der Waals surface area contributed by atoms with Crippen molar-refractivity contribution >= 4 is 189 Å². The molecule has 0 saturated heterocycles. The number of carbonyl (C=O) groups excluding carboxylic acids is 8. The van der Waals surface area contributed by atoms with Crippen molar-refractivity contribution in [1.29, 1.82) is 0 Å². The van der Waals surface area contributed by atoms with Crippen molar-refractivity contribution in [1.82, 2.24) is 62.5 Å². The summed E-state index contributed by atoms with van der Waals surface area (Å²) in [5, 5.41) is 175. The van der Waals surface area contributed by atoms with E-state index in [-0.39, 0.29) is 0 Å². The van der Waals surface area contributed by atoms with Gasteiger partial charge >= 0.3 is 95.5 Å². The minimum absolute atomic E-state index is 0.425. The van der Waals surface area contributed by atoms with Crippen LogP contribution in [0.15, 0.2) is 97.1 Å². The Morgan fingerprint density at radius 2 is 0.331 bits per heavy atom. The molecule has 9 rings (SSSR count). The van der Waals surface area contributed by atoms with Crippen LogP contribution in [-0.2, 0) is 76.7 Å².